The van der Waals surface area contributed by atoms with Crippen LogP contribution in [0.2, 0.25) is 0 Å². The molecule has 0 aliphatic carbocycles. The van der Waals surface area contributed by atoms with Crippen molar-refractivity contribution in [2.45, 2.75) is 24.0 Å². The summed E-state index contributed by atoms with van der Waals surface area (Å²) in [5.74, 6) is 0. The highest BCUT2D eigenvalue weighted by molar-refractivity contribution is 7.89. The van der Waals surface area contributed by atoms with Gasteiger partial charge in [-0.25, -0.2) is 13.4 Å². The lowest BCUT2D eigenvalue weighted by molar-refractivity contribution is 0.394. The van der Waals surface area contributed by atoms with Gasteiger partial charge in [0.05, 0.1) is 12.5 Å². The molecular weight excluding hydrogens is 216 g/mol. The molecule has 2 N–H and O–H groups in total. The van der Waals surface area contributed by atoms with Crippen molar-refractivity contribution in [3.63, 3.8) is 0 Å². The van der Waals surface area contributed by atoms with Crippen LogP contribution in [-0.4, -0.2) is 35.0 Å². The average molecular weight is 230 g/mol. The highest BCUT2D eigenvalue weighted by Gasteiger charge is 2.34. The summed E-state index contributed by atoms with van der Waals surface area (Å²) in [6.07, 6.45) is 4.07. The summed E-state index contributed by atoms with van der Waals surface area (Å²) in [5.41, 5.74) is 5.72. The van der Waals surface area contributed by atoms with Crippen LogP contribution in [0.15, 0.2) is 17.6 Å². The maximum Gasteiger partial charge on any atom is 0.263 e. The molecule has 7 heteroatoms. The fourth-order valence-corrected chi connectivity index (χ4v) is 3.26. The van der Waals surface area contributed by atoms with Crippen LogP contribution >= 0.6 is 0 Å². The van der Waals surface area contributed by atoms with Crippen molar-refractivity contribution in [2.75, 3.05) is 6.54 Å². The highest BCUT2D eigenvalue weighted by atomic mass is 32.2. The van der Waals surface area contributed by atoms with E-state index in [0.29, 0.717) is 13.0 Å². The van der Waals surface area contributed by atoms with Crippen LogP contribution in [0.1, 0.15) is 12.8 Å². The van der Waals surface area contributed by atoms with E-state index in [2.05, 4.69) is 4.98 Å². The number of hydrogen-bond acceptors (Lipinski definition) is 4. The number of rotatable bonds is 2. The molecule has 1 aromatic rings. The summed E-state index contributed by atoms with van der Waals surface area (Å²) < 4.78 is 27.0. The van der Waals surface area contributed by atoms with E-state index in [1.807, 2.05) is 0 Å². The molecule has 6 nitrogen and oxygen atoms in total. The first-order valence-corrected chi connectivity index (χ1v) is 6.21. The van der Waals surface area contributed by atoms with Gasteiger partial charge in [-0.15, -0.1) is 0 Å². The summed E-state index contributed by atoms with van der Waals surface area (Å²) in [7, 11) is -1.76. The summed E-state index contributed by atoms with van der Waals surface area (Å²) in [6.45, 7) is 0.486. The first-order valence-electron chi connectivity index (χ1n) is 4.77. The van der Waals surface area contributed by atoms with Crippen LogP contribution in [-0.2, 0) is 17.1 Å². The van der Waals surface area contributed by atoms with E-state index in [-0.39, 0.29) is 5.03 Å². The lowest BCUT2D eigenvalue weighted by Gasteiger charge is -2.18. The Hall–Kier alpha value is -0.920. The Morgan fingerprint density at radius 2 is 2.33 bits per heavy atom. The fraction of sp³-hybridized carbons (Fsp3) is 0.625. The molecule has 84 valence electrons. The van der Waals surface area contributed by atoms with E-state index < -0.39 is 16.2 Å². The second kappa shape index (κ2) is 3.58. The van der Waals surface area contributed by atoms with Gasteiger partial charge in [-0.05, 0) is 12.8 Å². The largest absolute Gasteiger partial charge is 0.339 e. The van der Waals surface area contributed by atoms with Gasteiger partial charge in [-0.2, -0.15) is 4.31 Å². The quantitative estimate of drug-likeness (QED) is 0.742. The summed E-state index contributed by atoms with van der Waals surface area (Å²) >= 11 is 0. The summed E-state index contributed by atoms with van der Waals surface area (Å²) in [5, 5.41) is 0.0716. The summed E-state index contributed by atoms with van der Waals surface area (Å²) in [6, 6.07) is 0. The molecule has 1 aliphatic heterocycles. The minimum atomic E-state index is -3.49. The predicted octanol–water partition coefficient (Wildman–Crippen LogP) is -0.511. The zero-order valence-corrected chi connectivity index (χ0v) is 9.31. The molecule has 2 heterocycles. The van der Waals surface area contributed by atoms with E-state index in [1.54, 1.807) is 11.6 Å². The van der Waals surface area contributed by atoms with Crippen molar-refractivity contribution in [3.05, 3.63) is 12.5 Å². The molecule has 0 bridgehead atoms. The van der Waals surface area contributed by atoms with E-state index in [4.69, 9.17) is 5.73 Å². The number of imidazole rings is 1. The third kappa shape index (κ3) is 1.77. The Labute approximate surface area is 88.7 Å². The molecular formula is C8H14N4O2S. The standard InChI is InChI=1S/C8H14N4O2S/c1-11-5-8(10-6-11)15(13,14)12-4-2-3-7(12)9/h5-7H,2-4,9H2,1H3. The molecule has 1 fully saturated rings. The molecule has 1 aliphatic rings. The highest BCUT2D eigenvalue weighted by Crippen LogP contribution is 2.21. The smallest absolute Gasteiger partial charge is 0.263 e. The number of sulfonamides is 1. The number of hydrogen-bond donors (Lipinski definition) is 1. The van der Waals surface area contributed by atoms with E-state index in [9.17, 15) is 8.42 Å². The van der Waals surface area contributed by atoms with Crippen LogP contribution in [0.5, 0.6) is 0 Å². The van der Waals surface area contributed by atoms with Gasteiger partial charge in [0, 0.05) is 19.8 Å². The number of nitrogens with zero attached hydrogens (tertiary/aromatic N) is 3. The Balaban J connectivity index is 2.34. The van der Waals surface area contributed by atoms with Crippen LogP contribution in [0.4, 0.5) is 0 Å². The van der Waals surface area contributed by atoms with Gasteiger partial charge >= 0.3 is 0 Å². The van der Waals surface area contributed by atoms with Crippen molar-refractivity contribution < 1.29 is 8.42 Å². The van der Waals surface area contributed by atoms with Crippen LogP contribution in [0.25, 0.3) is 0 Å². The van der Waals surface area contributed by atoms with Gasteiger partial charge in [0.25, 0.3) is 10.0 Å². The molecule has 1 atom stereocenters. The number of nitrogens with two attached hydrogens (primary N) is 1. The molecule has 1 unspecified atom stereocenters. The summed E-state index contributed by atoms with van der Waals surface area (Å²) in [4.78, 5) is 3.84. The normalized spacial score (nSPS) is 23.5. The predicted molar refractivity (Wildman–Crippen MR) is 54.3 cm³/mol. The Morgan fingerprint density at radius 1 is 1.60 bits per heavy atom. The molecule has 1 saturated heterocycles. The third-order valence-corrected chi connectivity index (χ3v) is 4.31. The second-order valence-corrected chi connectivity index (χ2v) is 5.54. The molecule has 0 saturated carbocycles. The van der Waals surface area contributed by atoms with Crippen molar-refractivity contribution in [1.82, 2.24) is 13.9 Å². The first kappa shape index (κ1) is 10.6. The van der Waals surface area contributed by atoms with Crippen LogP contribution in [0.3, 0.4) is 0 Å². The minimum Gasteiger partial charge on any atom is -0.339 e. The molecule has 1 aromatic heterocycles. The van der Waals surface area contributed by atoms with Crippen molar-refractivity contribution >= 4 is 10.0 Å². The number of aromatic nitrogens is 2. The van der Waals surface area contributed by atoms with Gasteiger partial charge in [0.1, 0.15) is 0 Å². The van der Waals surface area contributed by atoms with Crippen LogP contribution < -0.4 is 5.73 Å². The van der Waals surface area contributed by atoms with E-state index in [1.165, 1.54) is 16.8 Å². The van der Waals surface area contributed by atoms with Crippen molar-refractivity contribution in [1.29, 1.82) is 0 Å². The van der Waals surface area contributed by atoms with Gasteiger partial charge < -0.3 is 10.3 Å². The SMILES string of the molecule is Cn1cnc(S(=O)(=O)N2CCCC2N)c1. The van der Waals surface area contributed by atoms with Crippen molar-refractivity contribution in [3.8, 4) is 0 Å². The second-order valence-electron chi connectivity index (χ2n) is 3.70. The van der Waals surface area contributed by atoms with Crippen LogP contribution in [0, 0.1) is 0 Å². The minimum absolute atomic E-state index is 0.0716. The topological polar surface area (TPSA) is 81.2 Å². The molecule has 0 spiro atoms. The van der Waals surface area contributed by atoms with Gasteiger partial charge in [-0.1, -0.05) is 0 Å². The zero-order valence-electron chi connectivity index (χ0n) is 8.50. The lowest BCUT2D eigenvalue weighted by atomic mass is 10.3. The van der Waals surface area contributed by atoms with Crippen molar-refractivity contribution in [2.24, 2.45) is 12.8 Å². The Kier molecular flexibility index (Phi) is 2.53. The lowest BCUT2D eigenvalue weighted by Crippen LogP contribution is -2.41. The average Bonchev–Trinajstić information content (AvgIpc) is 2.74. The zero-order chi connectivity index (χ0) is 11.1. The molecule has 0 amide bonds. The molecule has 15 heavy (non-hydrogen) atoms. The molecule has 0 radical (unpaired) electrons. The maximum absolute atomic E-state index is 12.0. The monoisotopic (exact) mass is 230 g/mol. The molecule has 0 aromatic carbocycles. The van der Waals surface area contributed by atoms with Gasteiger partial charge in [0.2, 0.25) is 0 Å². The fourth-order valence-electron chi connectivity index (χ4n) is 1.71. The first-order chi connectivity index (χ1) is 7.01. The van der Waals surface area contributed by atoms with E-state index in [0.717, 1.165) is 6.42 Å². The maximum atomic E-state index is 12.0. The van der Waals surface area contributed by atoms with Gasteiger partial charge in [-0.3, -0.25) is 0 Å². The Bertz CT molecular complexity index is 453. The van der Waals surface area contributed by atoms with Gasteiger partial charge in [0.15, 0.2) is 5.03 Å². The number of aryl methyl sites for hydroxylation is 1. The third-order valence-electron chi connectivity index (χ3n) is 2.50. The van der Waals surface area contributed by atoms with E-state index >= 15 is 0 Å². The Morgan fingerprint density at radius 3 is 2.80 bits per heavy atom. The molecule has 2 rings (SSSR count).